The first-order valence-electron chi connectivity index (χ1n) is 13.0. The molecule has 1 saturated carbocycles. The summed E-state index contributed by atoms with van der Waals surface area (Å²) in [4.78, 5) is 50.7. The number of alkyl carbamates (subject to hydrolysis) is 1. The Morgan fingerprint density at radius 2 is 1.59 bits per heavy atom. The molecule has 1 heterocycles. The van der Waals surface area contributed by atoms with Crippen molar-refractivity contribution in [2.45, 2.75) is 64.1 Å². The summed E-state index contributed by atoms with van der Waals surface area (Å²) in [7, 11) is 1.30. The Labute approximate surface area is 228 Å². The molecule has 4 rings (SSSR count). The van der Waals surface area contributed by atoms with E-state index < -0.39 is 17.7 Å². The summed E-state index contributed by atoms with van der Waals surface area (Å²) in [5, 5.41) is 6.44. The summed E-state index contributed by atoms with van der Waals surface area (Å²) in [5.41, 5.74) is 1.70. The minimum Gasteiger partial charge on any atom is -0.465 e. The van der Waals surface area contributed by atoms with Gasteiger partial charge in [-0.15, -0.1) is 0 Å². The lowest BCUT2D eigenvalue weighted by Crippen LogP contribution is -2.42. The molecule has 1 fully saturated rings. The van der Waals surface area contributed by atoms with Gasteiger partial charge in [-0.25, -0.2) is 9.59 Å². The predicted octanol–water partition coefficient (Wildman–Crippen LogP) is 4.37. The van der Waals surface area contributed by atoms with Gasteiger partial charge in [-0.2, -0.15) is 0 Å². The number of carbonyl (C=O) groups is 4. The number of fused-ring (bicyclic) bond motifs is 1. The number of hydrogen-bond acceptors (Lipinski definition) is 7. The van der Waals surface area contributed by atoms with E-state index in [9.17, 15) is 19.2 Å². The van der Waals surface area contributed by atoms with Gasteiger partial charge in [0.05, 0.1) is 30.3 Å². The van der Waals surface area contributed by atoms with Gasteiger partial charge < -0.3 is 20.1 Å². The van der Waals surface area contributed by atoms with E-state index in [1.165, 1.54) is 7.11 Å². The van der Waals surface area contributed by atoms with Gasteiger partial charge in [-0.1, -0.05) is 24.0 Å². The Morgan fingerprint density at radius 3 is 2.18 bits per heavy atom. The molecular weight excluding hydrogens is 498 g/mol. The van der Waals surface area contributed by atoms with Gasteiger partial charge in [0.25, 0.3) is 11.8 Å². The highest BCUT2D eigenvalue weighted by atomic mass is 16.6. The highest BCUT2D eigenvalue weighted by molar-refractivity contribution is 6.21. The van der Waals surface area contributed by atoms with Crippen LogP contribution in [0.4, 0.5) is 10.5 Å². The molecule has 9 heteroatoms. The van der Waals surface area contributed by atoms with Crippen LogP contribution in [0.5, 0.6) is 0 Å². The van der Waals surface area contributed by atoms with Gasteiger partial charge in [0.2, 0.25) is 0 Å². The molecule has 3 amide bonds. The summed E-state index contributed by atoms with van der Waals surface area (Å²) >= 11 is 0. The zero-order valence-corrected chi connectivity index (χ0v) is 22.6. The molecule has 0 bridgehead atoms. The zero-order chi connectivity index (χ0) is 28.2. The average molecular weight is 532 g/mol. The fraction of sp³-hybridized carbons (Fsp3) is 0.400. The van der Waals surface area contributed by atoms with Gasteiger partial charge >= 0.3 is 12.1 Å². The quantitative estimate of drug-likeness (QED) is 0.335. The zero-order valence-electron chi connectivity index (χ0n) is 22.6. The maximum atomic E-state index is 12.6. The standard InChI is InChI=1S/C30H33N3O6/c1-30(2,3)39-29(37)32-21-13-11-20(12-14-21)31-22-15-16-23(28(36)38-4)19(18-22)8-7-17-33-26(34)24-9-5-6-10-25(24)27(33)35/h5-6,9-10,15-16,18,20-21,31H,11-14,17H2,1-4H3,(H,32,37). The molecule has 2 N–H and O–H groups in total. The van der Waals surface area contributed by atoms with Crippen LogP contribution < -0.4 is 10.6 Å². The molecule has 39 heavy (non-hydrogen) atoms. The van der Waals surface area contributed by atoms with Gasteiger partial charge in [0.15, 0.2) is 0 Å². The number of benzene rings is 2. The van der Waals surface area contributed by atoms with Crippen molar-refractivity contribution in [1.29, 1.82) is 0 Å². The first-order chi connectivity index (χ1) is 18.6. The topological polar surface area (TPSA) is 114 Å². The Kier molecular flexibility index (Phi) is 8.24. The third-order valence-electron chi connectivity index (χ3n) is 6.58. The van der Waals surface area contributed by atoms with Crippen LogP contribution >= 0.6 is 0 Å². The van der Waals surface area contributed by atoms with Crippen molar-refractivity contribution in [1.82, 2.24) is 10.2 Å². The van der Waals surface area contributed by atoms with E-state index >= 15 is 0 Å². The van der Waals surface area contributed by atoms with Gasteiger partial charge in [-0.05, 0) is 76.8 Å². The number of imide groups is 1. The lowest BCUT2D eigenvalue weighted by molar-refractivity contribution is 0.0490. The van der Waals surface area contributed by atoms with Crippen molar-refractivity contribution in [3.8, 4) is 11.8 Å². The highest BCUT2D eigenvalue weighted by Crippen LogP contribution is 2.25. The molecule has 2 aromatic carbocycles. The number of ether oxygens (including phenoxy) is 2. The van der Waals surface area contributed by atoms with Gasteiger partial charge in [0.1, 0.15) is 5.60 Å². The molecule has 0 saturated heterocycles. The van der Waals surface area contributed by atoms with Crippen molar-refractivity contribution in [3.63, 3.8) is 0 Å². The van der Waals surface area contributed by atoms with Crippen molar-refractivity contribution >= 4 is 29.6 Å². The monoisotopic (exact) mass is 531 g/mol. The lowest BCUT2D eigenvalue weighted by atomic mass is 9.91. The largest absolute Gasteiger partial charge is 0.465 e. The molecule has 0 spiro atoms. The number of amides is 3. The molecular formula is C30H33N3O6. The molecule has 1 aliphatic heterocycles. The SMILES string of the molecule is COC(=O)c1ccc(NC2CCC(NC(=O)OC(C)(C)C)CC2)cc1C#CCN1C(=O)c2ccccc2C1=O. The number of hydrogen-bond donors (Lipinski definition) is 2. The second kappa shape index (κ2) is 11.6. The molecule has 0 aromatic heterocycles. The maximum absolute atomic E-state index is 12.6. The Hall–Kier alpha value is -4.32. The summed E-state index contributed by atoms with van der Waals surface area (Å²) in [6.45, 7) is 5.41. The lowest BCUT2D eigenvalue weighted by Gasteiger charge is -2.31. The third kappa shape index (κ3) is 6.77. The molecule has 2 aliphatic rings. The van der Waals surface area contributed by atoms with E-state index in [0.29, 0.717) is 22.3 Å². The van der Waals surface area contributed by atoms with Crippen LogP contribution in [0.15, 0.2) is 42.5 Å². The smallest absolute Gasteiger partial charge is 0.407 e. The summed E-state index contributed by atoms with van der Waals surface area (Å²) in [6, 6.07) is 12.1. The van der Waals surface area contributed by atoms with Crippen molar-refractivity contribution in [2.75, 3.05) is 19.0 Å². The van der Waals surface area contributed by atoms with Crippen molar-refractivity contribution in [3.05, 3.63) is 64.7 Å². The van der Waals surface area contributed by atoms with Gasteiger partial charge in [-0.3, -0.25) is 14.5 Å². The van der Waals surface area contributed by atoms with Crippen LogP contribution in [0.2, 0.25) is 0 Å². The summed E-state index contributed by atoms with van der Waals surface area (Å²) < 4.78 is 10.3. The van der Waals surface area contributed by atoms with Crippen LogP contribution in [0.1, 0.15) is 83.1 Å². The number of anilines is 1. The number of rotatable bonds is 5. The third-order valence-corrected chi connectivity index (χ3v) is 6.58. The molecule has 204 valence electrons. The fourth-order valence-corrected chi connectivity index (χ4v) is 4.71. The highest BCUT2D eigenvalue weighted by Gasteiger charge is 2.34. The number of nitrogens with zero attached hydrogens (tertiary/aromatic N) is 1. The number of methoxy groups -OCH3 is 1. The Balaban J connectivity index is 1.40. The predicted molar refractivity (Wildman–Crippen MR) is 146 cm³/mol. The number of carbonyl (C=O) groups excluding carboxylic acids is 4. The molecule has 9 nitrogen and oxygen atoms in total. The second-order valence-electron chi connectivity index (χ2n) is 10.6. The van der Waals surface area contributed by atoms with Crippen molar-refractivity contribution in [2.24, 2.45) is 0 Å². The first-order valence-corrected chi connectivity index (χ1v) is 13.0. The molecule has 0 atom stereocenters. The van der Waals surface area contributed by atoms with E-state index in [0.717, 1.165) is 36.3 Å². The Morgan fingerprint density at radius 1 is 0.974 bits per heavy atom. The number of nitrogens with one attached hydrogen (secondary N) is 2. The Bertz CT molecular complexity index is 1310. The summed E-state index contributed by atoms with van der Waals surface area (Å²) in [5.74, 6) is 4.53. The molecule has 0 radical (unpaired) electrons. The molecule has 0 unspecified atom stereocenters. The summed E-state index contributed by atoms with van der Waals surface area (Å²) in [6.07, 6.45) is 2.91. The van der Waals surface area contributed by atoms with E-state index in [-0.39, 0.29) is 30.4 Å². The van der Waals surface area contributed by atoms with Crippen LogP contribution in [0.25, 0.3) is 0 Å². The van der Waals surface area contributed by atoms with Crippen LogP contribution in [-0.2, 0) is 9.47 Å². The second-order valence-corrected chi connectivity index (χ2v) is 10.6. The number of esters is 1. The molecule has 1 aliphatic carbocycles. The van der Waals surface area contributed by atoms with Crippen LogP contribution in [-0.4, -0.2) is 60.1 Å². The van der Waals surface area contributed by atoms with E-state index in [1.807, 2.05) is 20.8 Å². The van der Waals surface area contributed by atoms with Gasteiger partial charge in [0, 0.05) is 23.3 Å². The minimum absolute atomic E-state index is 0.0585. The van der Waals surface area contributed by atoms with E-state index in [4.69, 9.17) is 9.47 Å². The van der Waals surface area contributed by atoms with Crippen LogP contribution in [0.3, 0.4) is 0 Å². The van der Waals surface area contributed by atoms with E-state index in [2.05, 4.69) is 22.5 Å². The normalized spacial score (nSPS) is 18.5. The average Bonchev–Trinajstić information content (AvgIpc) is 3.13. The maximum Gasteiger partial charge on any atom is 0.407 e. The minimum atomic E-state index is -0.537. The molecule has 2 aromatic rings. The fourth-order valence-electron chi connectivity index (χ4n) is 4.71. The van der Waals surface area contributed by atoms with Crippen LogP contribution in [0, 0.1) is 11.8 Å². The van der Waals surface area contributed by atoms with Crippen molar-refractivity contribution < 1.29 is 28.7 Å². The first kappa shape index (κ1) is 27.7. The van der Waals surface area contributed by atoms with E-state index in [1.54, 1.807) is 42.5 Å².